The van der Waals surface area contributed by atoms with Gasteiger partial charge in [-0.3, -0.25) is 9.59 Å². The molecular weight excluding hydrogens is 424 g/mol. The molecule has 31 heavy (non-hydrogen) atoms. The van der Waals surface area contributed by atoms with Gasteiger partial charge >= 0.3 is 0 Å². The van der Waals surface area contributed by atoms with Crippen molar-refractivity contribution in [1.29, 1.82) is 0 Å². The van der Waals surface area contributed by atoms with E-state index in [4.69, 9.17) is 4.98 Å². The summed E-state index contributed by atoms with van der Waals surface area (Å²) in [6, 6.07) is 2.00. The summed E-state index contributed by atoms with van der Waals surface area (Å²) in [5, 5.41) is 1.43. The van der Waals surface area contributed by atoms with Crippen LogP contribution in [0, 0.1) is 40.4 Å². The lowest BCUT2D eigenvalue weighted by atomic mass is 9.71. The van der Waals surface area contributed by atoms with Crippen LogP contribution in [0.25, 0.3) is 0 Å². The van der Waals surface area contributed by atoms with E-state index in [-0.39, 0.29) is 44.0 Å². The Labute approximate surface area is 194 Å². The molecule has 4 bridgehead atoms. The zero-order valence-corrected chi connectivity index (χ0v) is 21.4. The van der Waals surface area contributed by atoms with Crippen LogP contribution in [0.3, 0.4) is 0 Å². The normalized spacial score (nSPS) is 42.0. The van der Waals surface area contributed by atoms with Crippen molar-refractivity contribution in [3.8, 4) is 0 Å². The van der Waals surface area contributed by atoms with Crippen molar-refractivity contribution < 1.29 is 9.59 Å². The van der Waals surface area contributed by atoms with Gasteiger partial charge in [-0.1, -0.05) is 65.1 Å². The molecule has 0 amide bonds. The SMILES string of the molecule is Cc1cc(S[C@@H]2C(=O)[C@H]3CC[C@@]2(C)C3(C)C)nc(S[C@@H]2C(=O)[C@H]3CC[C@@]2(C)C3(C)C)n1. The summed E-state index contributed by atoms with van der Waals surface area (Å²) in [6.45, 7) is 15.6. The van der Waals surface area contributed by atoms with Crippen LogP contribution in [0.1, 0.15) is 72.9 Å². The number of fused-ring (bicyclic) bond motifs is 4. The molecule has 4 aliphatic rings. The van der Waals surface area contributed by atoms with Gasteiger partial charge in [0, 0.05) is 17.5 Å². The van der Waals surface area contributed by atoms with E-state index in [1.807, 2.05) is 13.0 Å². The fourth-order valence-electron chi connectivity index (χ4n) is 7.21. The monoisotopic (exact) mass is 458 g/mol. The molecule has 4 nitrogen and oxygen atoms in total. The molecule has 4 fully saturated rings. The number of thioether (sulfide) groups is 2. The van der Waals surface area contributed by atoms with Gasteiger partial charge in [-0.05, 0) is 60.3 Å². The molecule has 0 N–H and O–H groups in total. The highest BCUT2D eigenvalue weighted by atomic mass is 32.2. The number of aryl methyl sites for hydroxylation is 1. The standard InChI is InChI=1S/C25H34N2O2S2/c1-13-12-16(30-19-17(28)14-8-10-24(19,6)22(14,2)3)27-21(26-13)31-20-18(29)15-9-11-25(20,7)23(15,4)5/h12,14-15,19-20H,8-11H2,1-7H3/t14-,15-,19-,20-,24-,25-/m1/s1. The van der Waals surface area contributed by atoms with E-state index in [0.717, 1.165) is 36.4 Å². The summed E-state index contributed by atoms with van der Waals surface area (Å²) in [6.07, 6.45) is 4.22. The zero-order chi connectivity index (χ0) is 22.6. The highest BCUT2D eigenvalue weighted by molar-refractivity contribution is 8.01. The van der Waals surface area contributed by atoms with Crippen LogP contribution in [0.4, 0.5) is 0 Å². The van der Waals surface area contributed by atoms with Gasteiger partial charge < -0.3 is 0 Å². The first kappa shape index (κ1) is 21.9. The van der Waals surface area contributed by atoms with E-state index in [1.165, 1.54) is 0 Å². The third-order valence-corrected chi connectivity index (χ3v) is 13.0. The van der Waals surface area contributed by atoms with Gasteiger partial charge in [-0.15, -0.1) is 0 Å². The second-order valence-corrected chi connectivity index (χ2v) is 14.1. The number of ketones is 2. The molecule has 4 saturated carbocycles. The van der Waals surface area contributed by atoms with Crippen LogP contribution >= 0.6 is 23.5 Å². The predicted molar refractivity (Wildman–Crippen MR) is 125 cm³/mol. The third kappa shape index (κ3) is 2.70. The fraction of sp³-hybridized carbons (Fsp3) is 0.760. The lowest BCUT2D eigenvalue weighted by Crippen LogP contribution is -2.36. The highest BCUT2D eigenvalue weighted by Gasteiger charge is 2.67. The van der Waals surface area contributed by atoms with E-state index in [0.29, 0.717) is 16.7 Å². The summed E-state index contributed by atoms with van der Waals surface area (Å²) >= 11 is 3.18. The number of nitrogens with zero attached hydrogens (tertiary/aromatic N) is 2. The van der Waals surface area contributed by atoms with Gasteiger partial charge in [0.1, 0.15) is 16.6 Å². The lowest BCUT2D eigenvalue weighted by molar-refractivity contribution is -0.123. The Balaban J connectivity index is 1.42. The van der Waals surface area contributed by atoms with E-state index in [2.05, 4.69) is 46.5 Å². The van der Waals surface area contributed by atoms with Gasteiger partial charge in [-0.25, -0.2) is 9.97 Å². The first-order valence-corrected chi connectivity index (χ1v) is 13.4. The first-order chi connectivity index (χ1) is 14.3. The third-order valence-electron chi connectivity index (χ3n) is 10.2. The summed E-state index contributed by atoms with van der Waals surface area (Å²) in [7, 11) is 0. The largest absolute Gasteiger partial charge is 0.298 e. The minimum atomic E-state index is -0.0820. The number of aromatic nitrogens is 2. The number of hydrogen-bond acceptors (Lipinski definition) is 6. The maximum atomic E-state index is 13.2. The average molecular weight is 459 g/mol. The van der Waals surface area contributed by atoms with Gasteiger partial charge in [0.15, 0.2) is 5.16 Å². The Morgan fingerprint density at radius 1 is 0.806 bits per heavy atom. The average Bonchev–Trinajstić information content (AvgIpc) is 3.14. The Morgan fingerprint density at radius 3 is 1.74 bits per heavy atom. The zero-order valence-electron chi connectivity index (χ0n) is 19.7. The molecule has 0 aliphatic heterocycles. The van der Waals surface area contributed by atoms with E-state index >= 15 is 0 Å². The number of rotatable bonds is 4. The highest BCUT2D eigenvalue weighted by Crippen LogP contribution is 2.68. The van der Waals surface area contributed by atoms with Crippen LogP contribution in [0.2, 0.25) is 0 Å². The second kappa shape index (κ2) is 6.59. The van der Waals surface area contributed by atoms with Crippen molar-refractivity contribution in [3.05, 3.63) is 11.8 Å². The Kier molecular flexibility index (Phi) is 4.66. The number of Topliss-reactive ketones (excluding diaryl/α,β-unsaturated/α-hetero) is 2. The molecule has 0 aromatic carbocycles. The molecule has 5 rings (SSSR count). The summed E-state index contributed by atoms with van der Waals surface area (Å²) in [4.78, 5) is 35.9. The van der Waals surface area contributed by atoms with Crippen molar-refractivity contribution >= 4 is 35.1 Å². The Bertz CT molecular complexity index is 915. The van der Waals surface area contributed by atoms with Gasteiger partial charge in [0.2, 0.25) is 0 Å². The van der Waals surface area contributed by atoms with Gasteiger partial charge in [0.05, 0.1) is 10.5 Å². The summed E-state index contributed by atoms with van der Waals surface area (Å²) < 4.78 is 0. The van der Waals surface area contributed by atoms with Gasteiger partial charge in [0.25, 0.3) is 0 Å². The number of hydrogen-bond donors (Lipinski definition) is 0. The predicted octanol–water partition coefficient (Wildman–Crippen LogP) is 5.76. The van der Waals surface area contributed by atoms with E-state index in [1.54, 1.807) is 23.5 Å². The van der Waals surface area contributed by atoms with Crippen molar-refractivity contribution in [2.24, 2.45) is 33.5 Å². The van der Waals surface area contributed by atoms with Crippen LogP contribution in [0.5, 0.6) is 0 Å². The Morgan fingerprint density at radius 2 is 1.29 bits per heavy atom. The smallest absolute Gasteiger partial charge is 0.189 e. The summed E-state index contributed by atoms with van der Waals surface area (Å²) in [5.74, 6) is 1.09. The van der Waals surface area contributed by atoms with Crippen LogP contribution in [0.15, 0.2) is 16.2 Å². The van der Waals surface area contributed by atoms with Crippen molar-refractivity contribution in [2.45, 2.75) is 94.8 Å². The maximum absolute atomic E-state index is 13.2. The van der Waals surface area contributed by atoms with E-state index < -0.39 is 0 Å². The molecule has 6 atom stereocenters. The van der Waals surface area contributed by atoms with Gasteiger partial charge in [-0.2, -0.15) is 0 Å². The van der Waals surface area contributed by atoms with Crippen LogP contribution in [-0.2, 0) is 9.59 Å². The minimum Gasteiger partial charge on any atom is -0.298 e. The fourth-order valence-corrected chi connectivity index (χ4v) is 10.4. The summed E-state index contributed by atoms with van der Waals surface area (Å²) in [5.41, 5.74) is 0.956. The molecule has 0 spiro atoms. The molecule has 0 radical (unpaired) electrons. The van der Waals surface area contributed by atoms with Crippen LogP contribution < -0.4 is 0 Å². The minimum absolute atomic E-state index is 0.00362. The molecule has 1 aromatic heterocycles. The quantitative estimate of drug-likeness (QED) is 0.422. The van der Waals surface area contributed by atoms with Crippen molar-refractivity contribution in [2.75, 3.05) is 0 Å². The molecule has 1 heterocycles. The molecule has 6 heteroatoms. The van der Waals surface area contributed by atoms with Crippen LogP contribution in [-0.4, -0.2) is 32.0 Å². The first-order valence-electron chi connectivity index (χ1n) is 11.6. The molecule has 168 valence electrons. The molecule has 1 aromatic rings. The molecule has 4 aliphatic carbocycles. The maximum Gasteiger partial charge on any atom is 0.189 e. The molecular formula is C25H34N2O2S2. The topological polar surface area (TPSA) is 59.9 Å². The Hall–Kier alpha value is -0.880. The van der Waals surface area contributed by atoms with E-state index in [9.17, 15) is 9.59 Å². The number of carbonyl (C=O) groups is 2. The molecule has 0 saturated heterocycles. The lowest BCUT2D eigenvalue weighted by Gasteiger charge is -2.37. The van der Waals surface area contributed by atoms with Crippen molar-refractivity contribution in [1.82, 2.24) is 9.97 Å². The van der Waals surface area contributed by atoms with Crippen molar-refractivity contribution in [3.63, 3.8) is 0 Å². The molecule has 0 unspecified atom stereocenters. The second-order valence-electron chi connectivity index (χ2n) is 11.9. The number of carbonyl (C=O) groups excluding carboxylic acids is 2.